The number of hydrogen-bond donors (Lipinski definition) is 0. The first-order chi connectivity index (χ1) is 21.2. The Bertz CT molecular complexity index is 1040. The molecule has 3 nitrogen and oxygen atoms in total. The van der Waals surface area contributed by atoms with Gasteiger partial charge in [0.15, 0.2) is 0 Å². The summed E-state index contributed by atoms with van der Waals surface area (Å²) in [6.45, 7) is 6.39. The molecule has 6 rings (SSSR count). The molecule has 2 aromatic rings. The van der Waals surface area contributed by atoms with Crippen molar-refractivity contribution in [3.8, 4) is 11.5 Å². The molecule has 0 spiro atoms. The van der Waals surface area contributed by atoms with Crippen LogP contribution in [0.4, 0.5) is 0 Å². The van der Waals surface area contributed by atoms with Crippen molar-refractivity contribution in [3.05, 3.63) is 58.7 Å². The lowest BCUT2D eigenvalue weighted by Crippen LogP contribution is -2.14. The molecule has 43 heavy (non-hydrogen) atoms. The van der Waals surface area contributed by atoms with Crippen LogP contribution in [0.25, 0.3) is 0 Å². The fourth-order valence-electron chi connectivity index (χ4n) is 8.14. The van der Waals surface area contributed by atoms with Gasteiger partial charge >= 0.3 is 0 Å². The van der Waals surface area contributed by atoms with Crippen molar-refractivity contribution in [2.24, 2.45) is 11.8 Å². The summed E-state index contributed by atoms with van der Waals surface area (Å²) in [7, 11) is 0. The topological polar surface area (TPSA) is 34.3 Å². The normalized spacial score (nSPS) is 28.5. The van der Waals surface area contributed by atoms with Gasteiger partial charge in [0.1, 0.15) is 11.5 Å². The fraction of sp³-hybridized carbons (Fsp3) is 0.700. The molecule has 0 amide bonds. The molecule has 0 bridgehead atoms. The molecular formula is C40H58O3. The third-order valence-electron chi connectivity index (χ3n) is 11.2. The van der Waals surface area contributed by atoms with E-state index >= 15 is 0 Å². The van der Waals surface area contributed by atoms with Gasteiger partial charge in [-0.25, -0.2) is 0 Å². The minimum Gasteiger partial charge on any atom is -0.457 e. The van der Waals surface area contributed by atoms with E-state index in [4.69, 9.17) is 14.2 Å². The highest BCUT2D eigenvalue weighted by Crippen LogP contribution is 2.42. The lowest BCUT2D eigenvalue weighted by Gasteiger charge is -2.30. The highest BCUT2D eigenvalue weighted by molar-refractivity contribution is 5.46. The van der Waals surface area contributed by atoms with E-state index in [-0.39, 0.29) is 0 Å². The number of ether oxygens (including phenoxy) is 3. The molecule has 2 saturated carbocycles. The molecule has 0 N–H and O–H groups in total. The van der Waals surface area contributed by atoms with Crippen LogP contribution in [0.3, 0.4) is 0 Å². The molecule has 2 aromatic carbocycles. The summed E-state index contributed by atoms with van der Waals surface area (Å²) < 4.78 is 18.2. The summed E-state index contributed by atoms with van der Waals surface area (Å²) >= 11 is 0. The second-order valence-electron chi connectivity index (χ2n) is 14.6. The zero-order valence-corrected chi connectivity index (χ0v) is 27.3. The first-order valence-electron chi connectivity index (χ1n) is 18.3. The number of unbranched alkanes of at least 4 members (excludes halogenated alkanes) is 4. The summed E-state index contributed by atoms with van der Waals surface area (Å²) in [6.07, 6.45) is 24.7. The third kappa shape index (κ3) is 9.10. The van der Waals surface area contributed by atoms with Crippen molar-refractivity contribution in [3.63, 3.8) is 0 Å². The maximum Gasteiger partial charge on any atom is 0.130 e. The van der Waals surface area contributed by atoms with Gasteiger partial charge in [0.25, 0.3) is 0 Å². The summed E-state index contributed by atoms with van der Waals surface area (Å²) in [4.78, 5) is 0. The van der Waals surface area contributed by atoms with Crippen LogP contribution in [0.15, 0.2) is 36.4 Å². The minimum absolute atomic E-state index is 0.353. The Morgan fingerprint density at radius 2 is 1.00 bits per heavy atom. The van der Waals surface area contributed by atoms with Crippen molar-refractivity contribution in [2.75, 3.05) is 13.2 Å². The van der Waals surface area contributed by atoms with E-state index in [9.17, 15) is 0 Å². The van der Waals surface area contributed by atoms with Gasteiger partial charge < -0.3 is 14.2 Å². The molecule has 236 valence electrons. The van der Waals surface area contributed by atoms with Gasteiger partial charge in [-0.2, -0.15) is 0 Å². The van der Waals surface area contributed by atoms with Gasteiger partial charge in [-0.05, 0) is 109 Å². The molecule has 3 heteroatoms. The Balaban J connectivity index is 1.13. The lowest BCUT2D eigenvalue weighted by molar-refractivity contribution is 0.302. The van der Waals surface area contributed by atoms with Crippen LogP contribution in [0.2, 0.25) is 0 Å². The van der Waals surface area contributed by atoms with Crippen molar-refractivity contribution < 1.29 is 14.2 Å². The SMILES string of the molecule is CCCCC[C@H]1CC[C@H](c2ccc(Oc3ccc([C@H]4CC[C@H](CCCCC)CC4)cc3C[C@H]3CO3)c(C[C@H]3CO3)c2)CC1. The molecule has 0 aromatic heterocycles. The van der Waals surface area contributed by atoms with Crippen LogP contribution in [0.1, 0.15) is 151 Å². The van der Waals surface area contributed by atoms with Gasteiger partial charge in [-0.15, -0.1) is 0 Å². The molecular weight excluding hydrogens is 528 g/mol. The summed E-state index contributed by atoms with van der Waals surface area (Å²) in [6, 6.07) is 14.2. The van der Waals surface area contributed by atoms with Crippen molar-refractivity contribution >= 4 is 0 Å². The van der Waals surface area contributed by atoms with Crippen molar-refractivity contribution in [1.29, 1.82) is 0 Å². The zero-order valence-electron chi connectivity index (χ0n) is 27.3. The van der Waals surface area contributed by atoms with Gasteiger partial charge in [0.2, 0.25) is 0 Å². The largest absolute Gasteiger partial charge is 0.457 e. The third-order valence-corrected chi connectivity index (χ3v) is 11.2. The van der Waals surface area contributed by atoms with E-state index in [0.29, 0.717) is 24.0 Å². The maximum absolute atomic E-state index is 6.82. The van der Waals surface area contributed by atoms with E-state index in [0.717, 1.165) is 49.4 Å². The predicted molar refractivity (Wildman–Crippen MR) is 178 cm³/mol. The predicted octanol–water partition coefficient (Wildman–Crippen LogP) is 11.1. The van der Waals surface area contributed by atoms with E-state index in [1.165, 1.54) is 125 Å². The van der Waals surface area contributed by atoms with Crippen LogP contribution in [0, 0.1) is 11.8 Å². The van der Waals surface area contributed by atoms with Crippen LogP contribution < -0.4 is 4.74 Å². The standard InChI is InChI=1S/C40H58O3/c1-3-5-7-9-29-11-15-31(16-12-29)33-19-21-39(35(23-33)25-37-27-41-37)43-40-22-20-34(24-36(40)26-38-28-42-38)32-17-13-30(14-18-32)10-8-6-4-2/h19-24,29-32,37-38H,3-18,25-28H2,1-2H3/t29-,30-,31-,32-,37-,38-/m0/s1. The molecule has 4 aliphatic rings. The van der Waals surface area contributed by atoms with Crippen LogP contribution in [-0.4, -0.2) is 25.4 Å². The van der Waals surface area contributed by atoms with Gasteiger partial charge in [-0.1, -0.05) is 89.5 Å². The zero-order chi connectivity index (χ0) is 29.4. The number of epoxide rings is 2. The Labute approximate surface area is 262 Å². The number of benzene rings is 2. The molecule has 2 saturated heterocycles. The molecule has 4 fully saturated rings. The van der Waals surface area contributed by atoms with Crippen LogP contribution >= 0.6 is 0 Å². The van der Waals surface area contributed by atoms with E-state index in [1.54, 1.807) is 0 Å². The molecule has 0 unspecified atom stereocenters. The Hall–Kier alpha value is -1.84. The average Bonchev–Trinajstić information content (AvgIpc) is 3.98. The quantitative estimate of drug-likeness (QED) is 0.145. The number of rotatable bonds is 16. The number of hydrogen-bond acceptors (Lipinski definition) is 3. The van der Waals surface area contributed by atoms with E-state index < -0.39 is 0 Å². The smallest absolute Gasteiger partial charge is 0.130 e. The van der Waals surface area contributed by atoms with E-state index in [1.807, 2.05) is 0 Å². The molecule has 2 atom stereocenters. The first-order valence-corrected chi connectivity index (χ1v) is 18.3. The Kier molecular flexibility index (Phi) is 11.2. The second kappa shape index (κ2) is 15.4. The molecule has 2 heterocycles. The van der Waals surface area contributed by atoms with Crippen molar-refractivity contribution in [1.82, 2.24) is 0 Å². The lowest BCUT2D eigenvalue weighted by atomic mass is 9.76. The van der Waals surface area contributed by atoms with Gasteiger partial charge in [-0.3, -0.25) is 0 Å². The average molecular weight is 587 g/mol. The van der Waals surface area contributed by atoms with Gasteiger partial charge in [0, 0.05) is 12.8 Å². The van der Waals surface area contributed by atoms with E-state index in [2.05, 4.69) is 50.2 Å². The molecule has 0 radical (unpaired) electrons. The fourth-order valence-corrected chi connectivity index (χ4v) is 8.14. The molecule has 2 aliphatic heterocycles. The maximum atomic E-state index is 6.82. The van der Waals surface area contributed by atoms with Crippen LogP contribution in [0.5, 0.6) is 11.5 Å². The highest BCUT2D eigenvalue weighted by atomic mass is 16.6. The second-order valence-corrected chi connectivity index (χ2v) is 14.6. The summed E-state index contributed by atoms with van der Waals surface area (Å²) in [5, 5.41) is 0. The highest BCUT2D eigenvalue weighted by Gasteiger charge is 2.29. The monoisotopic (exact) mass is 586 g/mol. The van der Waals surface area contributed by atoms with Crippen LogP contribution in [-0.2, 0) is 22.3 Å². The van der Waals surface area contributed by atoms with Gasteiger partial charge in [0.05, 0.1) is 25.4 Å². The summed E-state index contributed by atoms with van der Waals surface area (Å²) in [5.41, 5.74) is 5.68. The first kappa shape index (κ1) is 31.2. The molecule has 2 aliphatic carbocycles. The summed E-state index contributed by atoms with van der Waals surface area (Å²) in [5.74, 6) is 5.32. The Morgan fingerprint density at radius 3 is 1.37 bits per heavy atom. The Morgan fingerprint density at radius 1 is 0.581 bits per heavy atom. The van der Waals surface area contributed by atoms with Crippen molar-refractivity contribution in [2.45, 2.75) is 153 Å². The minimum atomic E-state index is 0.353.